The summed E-state index contributed by atoms with van der Waals surface area (Å²) in [5.74, 6) is 0. The van der Waals surface area contributed by atoms with Crippen LogP contribution in [0.2, 0.25) is 0 Å². The third-order valence-corrected chi connectivity index (χ3v) is 2.54. The van der Waals surface area contributed by atoms with Crippen molar-refractivity contribution in [1.82, 2.24) is 0 Å². The van der Waals surface area contributed by atoms with Crippen molar-refractivity contribution in [3.8, 4) is 0 Å². The third-order valence-electron chi connectivity index (χ3n) is 2.54. The molecule has 2 aromatic rings. The minimum absolute atomic E-state index is 0.619. The molecule has 1 atom stereocenters. The molecule has 0 aromatic heterocycles. The van der Waals surface area contributed by atoms with Gasteiger partial charge in [0.1, 0.15) is 6.10 Å². The summed E-state index contributed by atoms with van der Waals surface area (Å²) in [7, 11) is 0. The molecule has 3 nitrogen and oxygen atoms in total. The van der Waals surface area contributed by atoms with Crippen molar-refractivity contribution in [1.29, 1.82) is 0 Å². The number of anilines is 1. The van der Waals surface area contributed by atoms with Crippen LogP contribution in [0, 0.1) is 0 Å². The Kier molecular flexibility index (Phi) is 3.52. The lowest BCUT2D eigenvalue weighted by Gasteiger charge is -2.12. The Hall–Kier alpha value is -2.13. The Bertz CT molecular complexity index is 497. The van der Waals surface area contributed by atoms with Crippen molar-refractivity contribution in [2.75, 3.05) is 5.32 Å². The standard InChI is InChI=1S/C14H13NO2/c16-10-15-13-8-4-7-12(9-13)14(17)11-5-2-1-3-6-11/h1-10,14,17H,(H,15,16). The number of benzene rings is 2. The average Bonchev–Trinajstić information content (AvgIpc) is 2.40. The van der Waals surface area contributed by atoms with Crippen molar-refractivity contribution in [2.24, 2.45) is 0 Å². The second-order valence-electron chi connectivity index (χ2n) is 3.70. The molecule has 3 heteroatoms. The molecule has 0 bridgehead atoms. The number of amides is 1. The first-order valence-corrected chi connectivity index (χ1v) is 5.34. The maximum absolute atomic E-state index is 10.4. The van der Waals surface area contributed by atoms with E-state index in [4.69, 9.17) is 0 Å². The van der Waals surface area contributed by atoms with E-state index < -0.39 is 6.10 Å². The fourth-order valence-electron chi connectivity index (χ4n) is 1.69. The van der Waals surface area contributed by atoms with Crippen molar-refractivity contribution in [3.05, 3.63) is 65.7 Å². The summed E-state index contributed by atoms with van der Waals surface area (Å²) in [6.07, 6.45) is -0.0572. The molecule has 2 aromatic carbocycles. The summed E-state index contributed by atoms with van der Waals surface area (Å²) in [6, 6.07) is 16.6. The average molecular weight is 227 g/mol. The van der Waals surface area contributed by atoms with Gasteiger partial charge >= 0.3 is 0 Å². The van der Waals surface area contributed by atoms with Gasteiger partial charge in [-0.15, -0.1) is 0 Å². The highest BCUT2D eigenvalue weighted by Gasteiger charge is 2.09. The highest BCUT2D eigenvalue weighted by atomic mass is 16.3. The van der Waals surface area contributed by atoms with Gasteiger partial charge in [0, 0.05) is 5.69 Å². The zero-order chi connectivity index (χ0) is 12.1. The van der Waals surface area contributed by atoms with E-state index in [2.05, 4.69) is 5.32 Å². The number of hydrogen-bond acceptors (Lipinski definition) is 2. The van der Waals surface area contributed by atoms with Gasteiger partial charge in [0.2, 0.25) is 6.41 Å². The zero-order valence-electron chi connectivity index (χ0n) is 9.21. The van der Waals surface area contributed by atoms with Crippen LogP contribution in [0.25, 0.3) is 0 Å². The predicted octanol–water partition coefficient (Wildman–Crippen LogP) is 2.34. The molecule has 0 spiro atoms. The van der Waals surface area contributed by atoms with Crippen molar-refractivity contribution in [3.63, 3.8) is 0 Å². The molecule has 0 saturated carbocycles. The van der Waals surface area contributed by atoms with Crippen LogP contribution in [-0.4, -0.2) is 11.5 Å². The normalized spacial score (nSPS) is 11.8. The maximum atomic E-state index is 10.4. The fraction of sp³-hybridized carbons (Fsp3) is 0.0714. The van der Waals surface area contributed by atoms with Gasteiger partial charge < -0.3 is 10.4 Å². The van der Waals surface area contributed by atoms with Crippen molar-refractivity contribution >= 4 is 12.1 Å². The van der Waals surface area contributed by atoms with Gasteiger partial charge in [0.05, 0.1) is 0 Å². The number of rotatable bonds is 4. The van der Waals surface area contributed by atoms with Gasteiger partial charge in [-0.25, -0.2) is 0 Å². The van der Waals surface area contributed by atoms with Crippen LogP contribution in [0.1, 0.15) is 17.2 Å². The van der Waals surface area contributed by atoms with Gasteiger partial charge in [-0.05, 0) is 23.3 Å². The third kappa shape index (κ3) is 2.71. The monoisotopic (exact) mass is 227 g/mol. The van der Waals surface area contributed by atoms with Crippen LogP contribution >= 0.6 is 0 Å². The highest BCUT2D eigenvalue weighted by Crippen LogP contribution is 2.23. The van der Waals surface area contributed by atoms with Gasteiger partial charge in [-0.3, -0.25) is 4.79 Å². The lowest BCUT2D eigenvalue weighted by molar-refractivity contribution is -0.105. The Morgan fingerprint density at radius 1 is 1.00 bits per heavy atom. The van der Waals surface area contributed by atoms with E-state index in [1.54, 1.807) is 18.2 Å². The molecule has 0 aliphatic heterocycles. The Labute approximate surface area is 99.7 Å². The minimum Gasteiger partial charge on any atom is -0.384 e. The topological polar surface area (TPSA) is 49.3 Å². The van der Waals surface area contributed by atoms with E-state index in [1.807, 2.05) is 36.4 Å². The summed E-state index contributed by atoms with van der Waals surface area (Å²) in [5.41, 5.74) is 2.26. The molecular formula is C14H13NO2. The number of carbonyl (C=O) groups excluding carboxylic acids is 1. The molecule has 1 unspecified atom stereocenters. The molecule has 0 radical (unpaired) electrons. The molecule has 17 heavy (non-hydrogen) atoms. The first kappa shape index (κ1) is 11.4. The number of carbonyl (C=O) groups is 1. The molecule has 0 aliphatic carbocycles. The summed E-state index contributed by atoms with van der Waals surface area (Å²) in [6.45, 7) is 0. The molecule has 0 fully saturated rings. The van der Waals surface area contributed by atoms with Crippen molar-refractivity contribution < 1.29 is 9.90 Å². The summed E-state index contributed by atoms with van der Waals surface area (Å²) in [4.78, 5) is 10.4. The van der Waals surface area contributed by atoms with Crippen LogP contribution in [0.15, 0.2) is 54.6 Å². The fourth-order valence-corrected chi connectivity index (χ4v) is 1.69. The maximum Gasteiger partial charge on any atom is 0.211 e. The smallest absolute Gasteiger partial charge is 0.211 e. The van der Waals surface area contributed by atoms with Crippen LogP contribution in [0.4, 0.5) is 5.69 Å². The first-order valence-electron chi connectivity index (χ1n) is 5.34. The largest absolute Gasteiger partial charge is 0.384 e. The molecule has 1 amide bonds. The quantitative estimate of drug-likeness (QED) is 0.787. The SMILES string of the molecule is O=CNc1cccc(C(O)c2ccccc2)c1. The van der Waals surface area contributed by atoms with Crippen LogP contribution in [0.5, 0.6) is 0 Å². The zero-order valence-corrected chi connectivity index (χ0v) is 9.21. The van der Waals surface area contributed by atoms with Crippen LogP contribution < -0.4 is 5.32 Å². The van der Waals surface area contributed by atoms with E-state index in [9.17, 15) is 9.90 Å². The Balaban J connectivity index is 2.27. The van der Waals surface area contributed by atoms with E-state index in [-0.39, 0.29) is 0 Å². The highest BCUT2D eigenvalue weighted by molar-refractivity contribution is 5.71. The lowest BCUT2D eigenvalue weighted by Crippen LogP contribution is -2.01. The second-order valence-corrected chi connectivity index (χ2v) is 3.70. The first-order chi connectivity index (χ1) is 8.31. The minimum atomic E-state index is -0.676. The molecule has 2 rings (SSSR count). The van der Waals surface area contributed by atoms with Gasteiger partial charge in [0.15, 0.2) is 0 Å². The Morgan fingerprint density at radius 2 is 1.71 bits per heavy atom. The lowest BCUT2D eigenvalue weighted by atomic mass is 10.0. The van der Waals surface area contributed by atoms with E-state index >= 15 is 0 Å². The summed E-state index contributed by atoms with van der Waals surface area (Å²) in [5, 5.41) is 12.7. The molecule has 0 aliphatic rings. The summed E-state index contributed by atoms with van der Waals surface area (Å²) >= 11 is 0. The number of aliphatic hydroxyl groups excluding tert-OH is 1. The number of nitrogens with one attached hydrogen (secondary N) is 1. The second kappa shape index (κ2) is 5.27. The molecule has 86 valence electrons. The molecule has 2 N–H and O–H groups in total. The van der Waals surface area contributed by atoms with Gasteiger partial charge in [-0.2, -0.15) is 0 Å². The van der Waals surface area contributed by atoms with E-state index in [1.165, 1.54) is 0 Å². The van der Waals surface area contributed by atoms with Gasteiger partial charge in [-0.1, -0.05) is 42.5 Å². The van der Waals surface area contributed by atoms with Gasteiger partial charge in [0.25, 0.3) is 0 Å². The Morgan fingerprint density at radius 3 is 2.41 bits per heavy atom. The van der Waals surface area contributed by atoms with Crippen LogP contribution in [-0.2, 0) is 4.79 Å². The van der Waals surface area contributed by atoms with E-state index in [0.29, 0.717) is 12.1 Å². The number of hydrogen-bond donors (Lipinski definition) is 2. The van der Waals surface area contributed by atoms with E-state index in [0.717, 1.165) is 11.1 Å². The molecule has 0 heterocycles. The molecular weight excluding hydrogens is 214 g/mol. The van der Waals surface area contributed by atoms with Crippen LogP contribution in [0.3, 0.4) is 0 Å². The number of aliphatic hydroxyl groups is 1. The predicted molar refractivity (Wildman–Crippen MR) is 66.6 cm³/mol. The summed E-state index contributed by atoms with van der Waals surface area (Å²) < 4.78 is 0. The van der Waals surface area contributed by atoms with Crippen molar-refractivity contribution in [2.45, 2.75) is 6.10 Å². The molecule has 0 saturated heterocycles.